The second-order valence-corrected chi connectivity index (χ2v) is 9.51. The van der Waals surface area contributed by atoms with Crippen LogP contribution < -0.4 is 10.9 Å². The van der Waals surface area contributed by atoms with Crippen LogP contribution in [0.25, 0.3) is 10.2 Å². The van der Waals surface area contributed by atoms with Crippen LogP contribution in [0.1, 0.15) is 45.4 Å². The first-order chi connectivity index (χ1) is 14.8. The zero-order chi connectivity index (χ0) is 21.9. The van der Waals surface area contributed by atoms with E-state index in [1.807, 2.05) is 30.5 Å². The van der Waals surface area contributed by atoms with Crippen molar-refractivity contribution in [2.45, 2.75) is 46.6 Å². The van der Waals surface area contributed by atoms with Crippen LogP contribution in [-0.2, 0) is 6.42 Å². The van der Waals surface area contributed by atoms with Crippen LogP contribution in [0.5, 0.6) is 0 Å². The molecule has 0 aliphatic carbocycles. The Kier molecular flexibility index (Phi) is 4.66. The van der Waals surface area contributed by atoms with Gasteiger partial charge in [0, 0.05) is 5.69 Å². The molecular formula is C24H23FN4OS. The van der Waals surface area contributed by atoms with Gasteiger partial charge in [-0.15, -0.1) is 11.3 Å². The number of halogens is 1. The molecule has 0 amide bonds. The number of nitrogens with zero attached hydrogens (tertiary/aromatic N) is 3. The number of aromatic nitrogens is 3. The number of thiazole rings is 1. The number of nitrogens with one attached hydrogen (secondary N) is 1. The molecule has 0 spiro atoms. The quantitative estimate of drug-likeness (QED) is 0.462. The molecule has 5 nitrogen and oxygen atoms in total. The van der Waals surface area contributed by atoms with Crippen LogP contribution in [0, 0.1) is 33.5 Å². The maximum atomic E-state index is 14.7. The number of hydrogen-bond acceptors (Lipinski definition) is 5. The summed E-state index contributed by atoms with van der Waals surface area (Å²) in [5.74, 6) is -0.365. The molecule has 0 saturated heterocycles. The summed E-state index contributed by atoms with van der Waals surface area (Å²) in [6.07, 6.45) is 1.23. The van der Waals surface area contributed by atoms with E-state index in [1.165, 1.54) is 5.56 Å². The Morgan fingerprint density at radius 1 is 1.10 bits per heavy atom. The van der Waals surface area contributed by atoms with Crippen molar-refractivity contribution in [3.05, 3.63) is 79.5 Å². The van der Waals surface area contributed by atoms with E-state index >= 15 is 0 Å². The van der Waals surface area contributed by atoms with Crippen molar-refractivity contribution in [2.75, 3.05) is 5.32 Å². The van der Waals surface area contributed by atoms with Gasteiger partial charge >= 0.3 is 5.56 Å². The van der Waals surface area contributed by atoms with Gasteiger partial charge in [-0.2, -0.15) is 9.37 Å². The van der Waals surface area contributed by atoms with E-state index in [9.17, 15) is 9.18 Å². The lowest BCUT2D eigenvalue weighted by Crippen LogP contribution is -2.23. The zero-order valence-electron chi connectivity index (χ0n) is 17.9. The number of anilines is 2. The van der Waals surface area contributed by atoms with Crippen molar-refractivity contribution in [1.82, 2.24) is 14.5 Å². The summed E-state index contributed by atoms with van der Waals surface area (Å²) < 4.78 is 17.7. The summed E-state index contributed by atoms with van der Waals surface area (Å²) in [5, 5.41) is 4.34. The molecule has 1 aliphatic rings. The Labute approximate surface area is 183 Å². The van der Waals surface area contributed by atoms with Crippen LogP contribution in [-0.4, -0.2) is 14.5 Å². The van der Waals surface area contributed by atoms with E-state index in [0.29, 0.717) is 18.1 Å². The Morgan fingerprint density at radius 3 is 2.68 bits per heavy atom. The van der Waals surface area contributed by atoms with Gasteiger partial charge in [0.2, 0.25) is 11.8 Å². The van der Waals surface area contributed by atoms with Gasteiger partial charge in [-0.05, 0) is 69.4 Å². The Hall–Kier alpha value is -3.06. The predicted octanol–water partition coefficient (Wildman–Crippen LogP) is 5.50. The average molecular weight is 435 g/mol. The highest BCUT2D eigenvalue weighted by Crippen LogP contribution is 2.38. The summed E-state index contributed by atoms with van der Waals surface area (Å²) >= 11 is 1.62. The molecule has 2 aromatic heterocycles. The van der Waals surface area contributed by atoms with Gasteiger partial charge in [0.25, 0.3) is 0 Å². The molecule has 1 atom stereocenters. The van der Waals surface area contributed by atoms with Crippen LogP contribution in [0.3, 0.4) is 0 Å². The molecular weight excluding hydrogens is 411 g/mol. The third kappa shape index (κ3) is 3.33. The van der Waals surface area contributed by atoms with Crippen molar-refractivity contribution in [2.24, 2.45) is 0 Å². The lowest BCUT2D eigenvalue weighted by atomic mass is 9.98. The third-order valence-corrected chi connectivity index (χ3v) is 6.94. The Bertz CT molecular complexity index is 1410. The smallest absolute Gasteiger partial charge is 0.310 e. The molecule has 3 heterocycles. The van der Waals surface area contributed by atoms with E-state index in [-0.39, 0.29) is 6.04 Å². The van der Waals surface area contributed by atoms with E-state index in [1.54, 1.807) is 11.3 Å². The number of fused-ring (bicyclic) bond motifs is 2. The minimum atomic E-state index is -0.817. The first-order valence-electron chi connectivity index (χ1n) is 10.3. The molecule has 2 aromatic carbocycles. The van der Waals surface area contributed by atoms with Crippen molar-refractivity contribution in [1.29, 1.82) is 0 Å². The SMILES string of the molecule is Cc1ccc(C2CCc3c(F)c(=O)nc(Nc4cc5sc(C)nc5cc4C)n32)c(C)c1. The molecule has 5 rings (SSSR count). The minimum absolute atomic E-state index is 0.0737. The van der Waals surface area contributed by atoms with Gasteiger partial charge in [-0.1, -0.05) is 23.8 Å². The van der Waals surface area contributed by atoms with Crippen LogP contribution in [0.2, 0.25) is 0 Å². The molecule has 1 N–H and O–H groups in total. The van der Waals surface area contributed by atoms with Crippen LogP contribution in [0.15, 0.2) is 35.1 Å². The molecule has 1 aliphatic heterocycles. The van der Waals surface area contributed by atoms with E-state index < -0.39 is 11.4 Å². The predicted molar refractivity (Wildman–Crippen MR) is 123 cm³/mol. The Morgan fingerprint density at radius 2 is 1.90 bits per heavy atom. The standard InChI is InChI=1S/C24H23FN4OS/c1-12-5-6-16(13(2)9-12)19-7-8-20-22(25)23(30)28-24(29(19)20)27-17-11-21-18(10-14(17)3)26-15(4)31-21/h5-6,9-11,19H,7-8H2,1-4H3,(H,27,28,30). The van der Waals surface area contributed by atoms with E-state index in [2.05, 4.69) is 47.3 Å². The Balaban J connectivity index is 1.65. The average Bonchev–Trinajstić information content (AvgIpc) is 3.29. The summed E-state index contributed by atoms with van der Waals surface area (Å²) in [6.45, 7) is 8.11. The highest BCUT2D eigenvalue weighted by Gasteiger charge is 2.31. The molecule has 0 fully saturated rings. The molecule has 0 bridgehead atoms. The van der Waals surface area contributed by atoms with Gasteiger partial charge in [0.15, 0.2) is 0 Å². The fourth-order valence-electron chi connectivity index (χ4n) is 4.56. The summed E-state index contributed by atoms with van der Waals surface area (Å²) in [7, 11) is 0. The largest absolute Gasteiger partial charge is 0.325 e. The number of rotatable bonds is 3. The highest BCUT2D eigenvalue weighted by molar-refractivity contribution is 7.18. The van der Waals surface area contributed by atoms with Gasteiger partial charge < -0.3 is 9.88 Å². The fraction of sp³-hybridized carbons (Fsp3) is 0.292. The van der Waals surface area contributed by atoms with Crippen LogP contribution in [0.4, 0.5) is 16.0 Å². The molecule has 31 heavy (non-hydrogen) atoms. The van der Waals surface area contributed by atoms with Crippen molar-refractivity contribution in [3.63, 3.8) is 0 Å². The number of hydrogen-bond donors (Lipinski definition) is 1. The summed E-state index contributed by atoms with van der Waals surface area (Å²) in [4.78, 5) is 20.9. The zero-order valence-corrected chi connectivity index (χ0v) is 18.7. The first-order valence-corrected chi connectivity index (χ1v) is 11.2. The van der Waals surface area contributed by atoms with Crippen molar-refractivity contribution in [3.8, 4) is 0 Å². The topological polar surface area (TPSA) is 59.8 Å². The minimum Gasteiger partial charge on any atom is -0.325 e. The summed E-state index contributed by atoms with van der Waals surface area (Å²) in [6, 6.07) is 10.3. The molecule has 158 valence electrons. The second-order valence-electron chi connectivity index (χ2n) is 8.28. The van der Waals surface area contributed by atoms with Gasteiger partial charge in [-0.25, -0.2) is 4.98 Å². The maximum Gasteiger partial charge on any atom is 0.310 e. The lowest BCUT2D eigenvalue weighted by molar-refractivity contribution is 0.555. The number of aryl methyl sites for hydroxylation is 4. The van der Waals surface area contributed by atoms with E-state index in [4.69, 9.17) is 0 Å². The normalized spacial score (nSPS) is 15.5. The lowest BCUT2D eigenvalue weighted by Gasteiger charge is -2.22. The van der Waals surface area contributed by atoms with Gasteiger partial charge in [0.05, 0.1) is 27.0 Å². The molecule has 0 radical (unpaired) electrons. The van der Waals surface area contributed by atoms with E-state index in [0.717, 1.165) is 44.0 Å². The fourth-order valence-corrected chi connectivity index (χ4v) is 5.40. The first kappa shape index (κ1) is 19.9. The van der Waals surface area contributed by atoms with Crippen molar-refractivity contribution >= 4 is 33.2 Å². The summed E-state index contributed by atoms with van der Waals surface area (Å²) in [5.41, 5.74) is 5.85. The van der Waals surface area contributed by atoms with Crippen LogP contribution >= 0.6 is 11.3 Å². The molecule has 0 saturated carbocycles. The molecule has 1 unspecified atom stereocenters. The van der Waals surface area contributed by atoms with Gasteiger partial charge in [-0.3, -0.25) is 4.79 Å². The second kappa shape index (κ2) is 7.27. The highest BCUT2D eigenvalue weighted by atomic mass is 32.1. The molecule has 4 aromatic rings. The maximum absolute atomic E-state index is 14.7. The third-order valence-electron chi connectivity index (χ3n) is 6.01. The monoisotopic (exact) mass is 434 g/mol. The van der Waals surface area contributed by atoms with Gasteiger partial charge in [0.1, 0.15) is 0 Å². The molecule has 7 heteroatoms. The van der Waals surface area contributed by atoms with Crippen molar-refractivity contribution < 1.29 is 4.39 Å². The number of benzene rings is 2.